The fourth-order valence-electron chi connectivity index (χ4n) is 4.06. The number of rotatable bonds is 10. The molecule has 0 bridgehead atoms. The van der Waals surface area contributed by atoms with Gasteiger partial charge in [-0.2, -0.15) is 0 Å². The monoisotopic (exact) mass is 432 g/mol. The lowest BCUT2D eigenvalue weighted by Crippen LogP contribution is -2.51. The SMILES string of the molecule is CC1CC(OCc2ccccc2)C(OCc2ccccc2)C(COCc2ccccc2)O1. The van der Waals surface area contributed by atoms with E-state index in [4.69, 9.17) is 18.9 Å². The molecular weight excluding hydrogens is 400 g/mol. The van der Waals surface area contributed by atoms with E-state index in [-0.39, 0.29) is 24.4 Å². The molecule has 0 aliphatic carbocycles. The summed E-state index contributed by atoms with van der Waals surface area (Å²) >= 11 is 0. The summed E-state index contributed by atoms with van der Waals surface area (Å²) in [4.78, 5) is 0. The lowest BCUT2D eigenvalue weighted by molar-refractivity contribution is -0.217. The van der Waals surface area contributed by atoms with Crippen LogP contribution < -0.4 is 0 Å². The summed E-state index contributed by atoms with van der Waals surface area (Å²) in [5, 5.41) is 0. The van der Waals surface area contributed by atoms with E-state index in [9.17, 15) is 0 Å². The quantitative estimate of drug-likeness (QED) is 0.421. The number of hydrogen-bond donors (Lipinski definition) is 0. The van der Waals surface area contributed by atoms with Gasteiger partial charge in [0.2, 0.25) is 0 Å². The molecule has 1 heterocycles. The second kappa shape index (κ2) is 11.9. The first-order valence-electron chi connectivity index (χ1n) is 11.4. The van der Waals surface area contributed by atoms with Crippen LogP contribution in [-0.4, -0.2) is 31.0 Å². The highest BCUT2D eigenvalue weighted by atomic mass is 16.6. The molecule has 0 radical (unpaired) electrons. The zero-order chi connectivity index (χ0) is 22.0. The highest BCUT2D eigenvalue weighted by Crippen LogP contribution is 2.27. The van der Waals surface area contributed by atoms with Crippen LogP contribution in [0.4, 0.5) is 0 Å². The van der Waals surface area contributed by atoms with Crippen LogP contribution in [0.5, 0.6) is 0 Å². The summed E-state index contributed by atoms with van der Waals surface area (Å²) in [5.74, 6) is 0. The van der Waals surface area contributed by atoms with Gasteiger partial charge in [-0.25, -0.2) is 0 Å². The molecule has 1 aliphatic rings. The Labute approximate surface area is 191 Å². The molecule has 168 valence electrons. The standard InChI is InChI=1S/C28H32O4/c1-22-17-26(30-19-24-13-7-3-8-14-24)28(31-20-25-15-9-4-10-16-25)27(32-22)21-29-18-23-11-5-2-6-12-23/h2-16,22,26-28H,17-21H2,1H3. The number of ether oxygens (including phenoxy) is 4. The molecule has 3 aromatic carbocycles. The molecule has 4 heteroatoms. The molecule has 32 heavy (non-hydrogen) atoms. The molecule has 4 nitrogen and oxygen atoms in total. The van der Waals surface area contributed by atoms with Crippen LogP contribution in [0.2, 0.25) is 0 Å². The summed E-state index contributed by atoms with van der Waals surface area (Å²) in [7, 11) is 0. The molecular formula is C28H32O4. The molecule has 4 atom stereocenters. The van der Waals surface area contributed by atoms with Crippen LogP contribution in [0.25, 0.3) is 0 Å². The van der Waals surface area contributed by atoms with Crippen LogP contribution in [0.1, 0.15) is 30.0 Å². The summed E-state index contributed by atoms with van der Waals surface area (Å²) in [6.07, 6.45) is 0.421. The Morgan fingerprint density at radius 2 is 1.19 bits per heavy atom. The first-order chi connectivity index (χ1) is 15.8. The maximum absolute atomic E-state index is 6.40. The molecule has 1 fully saturated rings. The summed E-state index contributed by atoms with van der Waals surface area (Å²) in [5.41, 5.74) is 3.44. The Morgan fingerprint density at radius 1 is 0.688 bits per heavy atom. The van der Waals surface area contributed by atoms with E-state index in [1.807, 2.05) is 54.6 Å². The van der Waals surface area contributed by atoms with E-state index in [2.05, 4.69) is 43.3 Å². The van der Waals surface area contributed by atoms with Gasteiger partial charge >= 0.3 is 0 Å². The first kappa shape index (κ1) is 22.7. The van der Waals surface area contributed by atoms with Crippen molar-refractivity contribution in [1.82, 2.24) is 0 Å². The predicted octanol–water partition coefficient (Wildman–Crippen LogP) is 5.55. The van der Waals surface area contributed by atoms with Gasteiger partial charge in [-0.15, -0.1) is 0 Å². The van der Waals surface area contributed by atoms with Gasteiger partial charge in [0.25, 0.3) is 0 Å². The highest BCUT2D eigenvalue weighted by Gasteiger charge is 2.39. The molecule has 3 aromatic rings. The van der Waals surface area contributed by atoms with Gasteiger partial charge in [0.15, 0.2) is 0 Å². The van der Waals surface area contributed by atoms with Crippen molar-refractivity contribution in [1.29, 1.82) is 0 Å². The van der Waals surface area contributed by atoms with Gasteiger partial charge in [0.05, 0.1) is 38.6 Å². The van der Waals surface area contributed by atoms with Gasteiger partial charge < -0.3 is 18.9 Å². The third-order valence-corrected chi connectivity index (χ3v) is 5.69. The Bertz CT molecular complexity index is 900. The molecule has 0 amide bonds. The van der Waals surface area contributed by atoms with Crippen molar-refractivity contribution in [2.45, 2.75) is 57.6 Å². The molecule has 1 aliphatic heterocycles. The molecule has 4 rings (SSSR count). The lowest BCUT2D eigenvalue weighted by atomic mass is 9.98. The maximum atomic E-state index is 6.40. The summed E-state index contributed by atoms with van der Waals surface area (Å²) in [6, 6.07) is 30.7. The van der Waals surface area contributed by atoms with Crippen molar-refractivity contribution in [2.75, 3.05) is 6.61 Å². The van der Waals surface area contributed by atoms with Crippen LogP contribution in [0.3, 0.4) is 0 Å². The number of hydrogen-bond acceptors (Lipinski definition) is 4. The summed E-state index contributed by atoms with van der Waals surface area (Å²) < 4.78 is 25.1. The first-order valence-corrected chi connectivity index (χ1v) is 11.4. The van der Waals surface area contributed by atoms with Crippen molar-refractivity contribution in [3.8, 4) is 0 Å². The molecule has 0 aromatic heterocycles. The van der Waals surface area contributed by atoms with Gasteiger partial charge in [-0.3, -0.25) is 0 Å². The van der Waals surface area contributed by atoms with Crippen molar-refractivity contribution in [3.05, 3.63) is 108 Å². The average molecular weight is 433 g/mol. The van der Waals surface area contributed by atoms with E-state index in [0.29, 0.717) is 26.4 Å². The fourth-order valence-corrected chi connectivity index (χ4v) is 4.06. The Balaban J connectivity index is 1.42. The average Bonchev–Trinajstić information content (AvgIpc) is 2.84. The van der Waals surface area contributed by atoms with Crippen molar-refractivity contribution >= 4 is 0 Å². The van der Waals surface area contributed by atoms with Crippen LogP contribution >= 0.6 is 0 Å². The maximum Gasteiger partial charge on any atom is 0.113 e. The third kappa shape index (κ3) is 6.75. The third-order valence-electron chi connectivity index (χ3n) is 5.69. The van der Waals surface area contributed by atoms with E-state index in [0.717, 1.165) is 23.1 Å². The summed E-state index contributed by atoms with van der Waals surface area (Å²) in [6.45, 7) is 4.18. The zero-order valence-corrected chi connectivity index (χ0v) is 18.6. The van der Waals surface area contributed by atoms with Gasteiger partial charge in [0, 0.05) is 6.42 Å². The normalized spacial score (nSPS) is 23.2. The van der Waals surface area contributed by atoms with Gasteiger partial charge in [0.1, 0.15) is 12.2 Å². The second-order valence-corrected chi connectivity index (χ2v) is 8.32. The zero-order valence-electron chi connectivity index (χ0n) is 18.6. The Kier molecular flexibility index (Phi) is 8.46. The topological polar surface area (TPSA) is 36.9 Å². The van der Waals surface area contributed by atoms with Crippen molar-refractivity contribution in [3.63, 3.8) is 0 Å². The van der Waals surface area contributed by atoms with E-state index >= 15 is 0 Å². The largest absolute Gasteiger partial charge is 0.374 e. The second-order valence-electron chi connectivity index (χ2n) is 8.32. The molecule has 0 N–H and O–H groups in total. The smallest absolute Gasteiger partial charge is 0.113 e. The minimum absolute atomic E-state index is 0.0620. The van der Waals surface area contributed by atoms with E-state index in [1.54, 1.807) is 0 Å². The molecule has 4 unspecified atom stereocenters. The Hall–Kier alpha value is -2.50. The minimum Gasteiger partial charge on any atom is -0.374 e. The van der Waals surface area contributed by atoms with E-state index in [1.165, 1.54) is 0 Å². The van der Waals surface area contributed by atoms with Crippen molar-refractivity contribution in [2.24, 2.45) is 0 Å². The highest BCUT2D eigenvalue weighted by molar-refractivity contribution is 5.15. The van der Waals surface area contributed by atoms with Gasteiger partial charge in [-0.1, -0.05) is 91.0 Å². The molecule has 0 spiro atoms. The fraction of sp³-hybridized carbons (Fsp3) is 0.357. The minimum atomic E-state index is -0.203. The molecule has 1 saturated heterocycles. The van der Waals surface area contributed by atoms with E-state index < -0.39 is 0 Å². The predicted molar refractivity (Wildman–Crippen MR) is 125 cm³/mol. The van der Waals surface area contributed by atoms with Gasteiger partial charge in [-0.05, 0) is 23.6 Å². The lowest BCUT2D eigenvalue weighted by Gasteiger charge is -2.40. The number of benzene rings is 3. The Morgan fingerprint density at radius 3 is 1.75 bits per heavy atom. The van der Waals surface area contributed by atoms with Crippen LogP contribution in [0.15, 0.2) is 91.0 Å². The van der Waals surface area contributed by atoms with Crippen LogP contribution in [0, 0.1) is 0 Å². The van der Waals surface area contributed by atoms with Crippen molar-refractivity contribution < 1.29 is 18.9 Å². The van der Waals surface area contributed by atoms with Crippen LogP contribution in [-0.2, 0) is 38.8 Å². The molecule has 0 saturated carbocycles.